The molecule has 1 rings (SSSR count). The average molecular weight is 224 g/mol. The molecule has 0 radical (unpaired) electrons. The highest BCUT2D eigenvalue weighted by atomic mass is 16.2. The van der Waals surface area contributed by atoms with E-state index in [2.05, 4.69) is 46.1 Å². The van der Waals surface area contributed by atoms with Gasteiger partial charge in [-0.1, -0.05) is 6.58 Å². The van der Waals surface area contributed by atoms with Crippen molar-refractivity contribution in [3.05, 3.63) is 12.7 Å². The molecule has 0 aromatic heterocycles. The summed E-state index contributed by atoms with van der Waals surface area (Å²) in [4.78, 5) is 16.0. The van der Waals surface area contributed by atoms with Crippen molar-refractivity contribution in [1.82, 2.24) is 9.80 Å². The molecule has 1 saturated heterocycles. The highest BCUT2D eigenvalue weighted by molar-refractivity contribution is 5.87. The summed E-state index contributed by atoms with van der Waals surface area (Å²) in [7, 11) is 0. The minimum atomic E-state index is 0.0484. The summed E-state index contributed by atoms with van der Waals surface area (Å²) in [6.07, 6.45) is 1.41. The Balaban J connectivity index is 2.79. The van der Waals surface area contributed by atoms with Gasteiger partial charge < -0.3 is 4.90 Å². The fraction of sp³-hybridized carbons (Fsp3) is 0.769. The molecule has 0 unspecified atom stereocenters. The van der Waals surface area contributed by atoms with Gasteiger partial charge in [0.25, 0.3) is 0 Å². The number of rotatable bonds is 1. The van der Waals surface area contributed by atoms with Crippen molar-refractivity contribution in [2.24, 2.45) is 0 Å². The van der Waals surface area contributed by atoms with Crippen LogP contribution < -0.4 is 0 Å². The third kappa shape index (κ3) is 2.64. The summed E-state index contributed by atoms with van der Waals surface area (Å²) in [5.74, 6) is 0.0484. The maximum absolute atomic E-state index is 11.6. The molecule has 2 atom stereocenters. The summed E-state index contributed by atoms with van der Waals surface area (Å²) in [6.45, 7) is 16.2. The van der Waals surface area contributed by atoms with Gasteiger partial charge in [-0.25, -0.2) is 0 Å². The Morgan fingerprint density at radius 1 is 1.25 bits per heavy atom. The molecule has 3 nitrogen and oxygen atoms in total. The van der Waals surface area contributed by atoms with Crippen molar-refractivity contribution in [3.63, 3.8) is 0 Å². The van der Waals surface area contributed by atoms with Gasteiger partial charge in [-0.2, -0.15) is 0 Å². The van der Waals surface area contributed by atoms with Gasteiger partial charge in [-0.3, -0.25) is 9.69 Å². The minimum Gasteiger partial charge on any atom is -0.336 e. The van der Waals surface area contributed by atoms with Crippen molar-refractivity contribution in [2.45, 2.75) is 52.2 Å². The third-order valence-electron chi connectivity index (χ3n) is 3.18. The van der Waals surface area contributed by atoms with Crippen LogP contribution in [0.1, 0.15) is 34.6 Å². The second kappa shape index (κ2) is 4.58. The molecule has 1 heterocycles. The molecule has 0 aliphatic carbocycles. The first-order chi connectivity index (χ1) is 7.27. The Morgan fingerprint density at radius 3 is 2.00 bits per heavy atom. The average Bonchev–Trinajstić information content (AvgIpc) is 2.13. The van der Waals surface area contributed by atoms with Crippen molar-refractivity contribution >= 4 is 5.91 Å². The Labute approximate surface area is 99.1 Å². The maximum atomic E-state index is 11.6. The number of amides is 1. The predicted octanol–water partition coefficient (Wildman–Crippen LogP) is 1.89. The second-order valence-corrected chi connectivity index (χ2v) is 5.72. The van der Waals surface area contributed by atoms with E-state index >= 15 is 0 Å². The van der Waals surface area contributed by atoms with E-state index < -0.39 is 0 Å². The molecule has 0 saturated carbocycles. The maximum Gasteiger partial charge on any atom is 0.246 e. The van der Waals surface area contributed by atoms with E-state index in [0.717, 1.165) is 13.1 Å². The molecule has 1 fully saturated rings. The van der Waals surface area contributed by atoms with Crippen molar-refractivity contribution in [1.29, 1.82) is 0 Å². The molecule has 0 spiro atoms. The molecular weight excluding hydrogens is 200 g/mol. The Kier molecular flexibility index (Phi) is 3.79. The lowest BCUT2D eigenvalue weighted by Gasteiger charge is -2.50. The Hall–Kier alpha value is -0.830. The van der Waals surface area contributed by atoms with Gasteiger partial charge in [0.15, 0.2) is 0 Å². The van der Waals surface area contributed by atoms with Crippen molar-refractivity contribution in [2.75, 3.05) is 13.1 Å². The lowest BCUT2D eigenvalue weighted by molar-refractivity contribution is -0.132. The molecule has 16 heavy (non-hydrogen) atoms. The molecule has 0 N–H and O–H groups in total. The fourth-order valence-electron chi connectivity index (χ4n) is 2.95. The van der Waals surface area contributed by atoms with Crippen LogP contribution in [-0.4, -0.2) is 46.4 Å². The van der Waals surface area contributed by atoms with Crippen LogP contribution in [-0.2, 0) is 4.79 Å². The summed E-state index contributed by atoms with van der Waals surface area (Å²) in [6, 6.07) is 0.792. The van der Waals surface area contributed by atoms with E-state index in [-0.39, 0.29) is 11.4 Å². The van der Waals surface area contributed by atoms with Gasteiger partial charge in [0, 0.05) is 30.7 Å². The molecular formula is C13H24N2O. The monoisotopic (exact) mass is 224 g/mol. The highest BCUT2D eigenvalue weighted by Crippen LogP contribution is 2.25. The van der Waals surface area contributed by atoms with Crippen LogP contribution in [0.4, 0.5) is 0 Å². The summed E-state index contributed by atoms with van der Waals surface area (Å²) in [5.41, 5.74) is 0.155. The van der Waals surface area contributed by atoms with Gasteiger partial charge in [0.2, 0.25) is 5.91 Å². The van der Waals surface area contributed by atoms with E-state index in [1.54, 1.807) is 0 Å². The Bertz CT molecular complexity index is 268. The molecule has 0 bridgehead atoms. The lowest BCUT2D eigenvalue weighted by atomic mass is 9.97. The van der Waals surface area contributed by atoms with Gasteiger partial charge in [-0.05, 0) is 40.7 Å². The van der Waals surface area contributed by atoms with Crippen molar-refractivity contribution in [3.8, 4) is 0 Å². The number of carbonyl (C=O) groups excluding carboxylic acids is 1. The molecule has 1 aliphatic rings. The first-order valence-corrected chi connectivity index (χ1v) is 5.97. The van der Waals surface area contributed by atoms with E-state index in [1.165, 1.54) is 6.08 Å². The third-order valence-corrected chi connectivity index (χ3v) is 3.18. The fourth-order valence-corrected chi connectivity index (χ4v) is 2.95. The smallest absolute Gasteiger partial charge is 0.246 e. The predicted molar refractivity (Wildman–Crippen MR) is 67.3 cm³/mol. The second-order valence-electron chi connectivity index (χ2n) is 5.72. The first kappa shape index (κ1) is 13.2. The largest absolute Gasteiger partial charge is 0.336 e. The quantitative estimate of drug-likeness (QED) is 0.635. The van der Waals surface area contributed by atoms with Crippen molar-refractivity contribution < 1.29 is 4.79 Å². The SMILES string of the molecule is C=CC(=O)N1C[C@H](C)N(C(C)(C)C)[C@@H](C)C1. The lowest BCUT2D eigenvalue weighted by Crippen LogP contribution is -2.63. The van der Waals surface area contributed by atoms with Crippen LogP contribution in [0.3, 0.4) is 0 Å². The number of piperazine rings is 1. The number of hydrogen-bond donors (Lipinski definition) is 0. The molecule has 1 amide bonds. The van der Waals surface area contributed by atoms with E-state index in [1.807, 2.05) is 4.90 Å². The van der Waals surface area contributed by atoms with E-state index in [0.29, 0.717) is 12.1 Å². The topological polar surface area (TPSA) is 23.6 Å². The molecule has 3 heteroatoms. The van der Waals surface area contributed by atoms with Crippen LogP contribution >= 0.6 is 0 Å². The normalized spacial score (nSPS) is 27.9. The first-order valence-electron chi connectivity index (χ1n) is 5.97. The summed E-state index contributed by atoms with van der Waals surface area (Å²) >= 11 is 0. The summed E-state index contributed by atoms with van der Waals surface area (Å²) in [5, 5.41) is 0. The molecule has 0 aromatic carbocycles. The summed E-state index contributed by atoms with van der Waals surface area (Å²) < 4.78 is 0. The zero-order valence-electron chi connectivity index (χ0n) is 11.2. The van der Waals surface area contributed by atoms with E-state index in [9.17, 15) is 4.79 Å². The van der Waals surface area contributed by atoms with Gasteiger partial charge in [-0.15, -0.1) is 0 Å². The molecule has 1 aliphatic heterocycles. The van der Waals surface area contributed by atoms with Crippen LogP contribution in [0.2, 0.25) is 0 Å². The standard InChI is InChI=1S/C13H24N2O/c1-7-12(16)14-8-10(2)15(11(3)9-14)13(4,5)6/h7,10-11H,1,8-9H2,2-6H3/t10-,11-/m0/s1. The van der Waals surface area contributed by atoms with Crippen LogP contribution in [0.15, 0.2) is 12.7 Å². The Morgan fingerprint density at radius 2 is 1.69 bits per heavy atom. The van der Waals surface area contributed by atoms with Gasteiger partial charge in [0.05, 0.1) is 0 Å². The number of nitrogens with zero attached hydrogens (tertiary/aromatic N) is 2. The number of hydrogen-bond acceptors (Lipinski definition) is 2. The zero-order valence-corrected chi connectivity index (χ0v) is 11.2. The van der Waals surface area contributed by atoms with Crippen LogP contribution in [0, 0.1) is 0 Å². The number of carbonyl (C=O) groups is 1. The van der Waals surface area contributed by atoms with E-state index in [4.69, 9.17) is 0 Å². The zero-order chi connectivity index (χ0) is 12.5. The minimum absolute atomic E-state index is 0.0484. The molecule has 0 aromatic rings. The van der Waals surface area contributed by atoms with Gasteiger partial charge in [0.1, 0.15) is 0 Å². The van der Waals surface area contributed by atoms with Crippen LogP contribution in [0.25, 0.3) is 0 Å². The van der Waals surface area contributed by atoms with Crippen LogP contribution in [0.5, 0.6) is 0 Å². The molecule has 92 valence electrons. The van der Waals surface area contributed by atoms with Gasteiger partial charge >= 0.3 is 0 Å². The highest BCUT2D eigenvalue weighted by Gasteiger charge is 2.36.